The molecule has 0 saturated heterocycles. The molecule has 2 nitrogen and oxygen atoms in total. The van der Waals surface area contributed by atoms with E-state index >= 15 is 0 Å². The smallest absolute Gasteiger partial charge is 0.120 e. The maximum Gasteiger partial charge on any atom is 0.120 e. The SMILES string of the molecule is CCc1nnc(C2CCCCC2)s1. The van der Waals surface area contributed by atoms with Crippen LogP contribution in [-0.4, -0.2) is 10.2 Å². The van der Waals surface area contributed by atoms with Crippen LogP contribution in [0.5, 0.6) is 0 Å². The number of aromatic nitrogens is 2. The summed E-state index contributed by atoms with van der Waals surface area (Å²) in [5.41, 5.74) is 0. The molecule has 0 radical (unpaired) electrons. The summed E-state index contributed by atoms with van der Waals surface area (Å²) in [7, 11) is 0. The van der Waals surface area contributed by atoms with Gasteiger partial charge in [-0.1, -0.05) is 26.2 Å². The Bertz CT molecular complexity index is 264. The first-order valence-electron chi connectivity index (χ1n) is 5.22. The quantitative estimate of drug-likeness (QED) is 0.726. The zero-order valence-corrected chi connectivity index (χ0v) is 8.94. The van der Waals surface area contributed by atoms with Crippen molar-refractivity contribution in [2.24, 2.45) is 0 Å². The largest absolute Gasteiger partial charge is 0.144 e. The maximum absolute atomic E-state index is 4.28. The van der Waals surface area contributed by atoms with E-state index in [0.717, 1.165) is 12.3 Å². The van der Waals surface area contributed by atoms with Gasteiger partial charge in [-0.2, -0.15) is 0 Å². The Morgan fingerprint density at radius 1 is 1.23 bits per heavy atom. The molecule has 1 heterocycles. The van der Waals surface area contributed by atoms with Gasteiger partial charge in [0.25, 0.3) is 0 Å². The van der Waals surface area contributed by atoms with Gasteiger partial charge in [0.05, 0.1) is 0 Å². The first-order chi connectivity index (χ1) is 6.40. The molecule has 1 aliphatic carbocycles. The van der Waals surface area contributed by atoms with Gasteiger partial charge in [0, 0.05) is 5.92 Å². The molecule has 1 fully saturated rings. The minimum absolute atomic E-state index is 0.728. The van der Waals surface area contributed by atoms with Crippen molar-refractivity contribution in [2.45, 2.75) is 51.4 Å². The molecule has 0 atom stereocenters. The standard InChI is InChI=1S/C10H16N2S/c1-2-9-11-12-10(13-9)8-6-4-3-5-7-8/h8H,2-7H2,1H3. The zero-order valence-electron chi connectivity index (χ0n) is 8.12. The van der Waals surface area contributed by atoms with Crippen LogP contribution in [0.25, 0.3) is 0 Å². The fraction of sp³-hybridized carbons (Fsp3) is 0.800. The van der Waals surface area contributed by atoms with E-state index in [-0.39, 0.29) is 0 Å². The Balaban J connectivity index is 2.05. The summed E-state index contributed by atoms with van der Waals surface area (Å²) in [6.45, 7) is 2.14. The zero-order chi connectivity index (χ0) is 9.10. The topological polar surface area (TPSA) is 25.8 Å². The molecule has 0 N–H and O–H groups in total. The first-order valence-corrected chi connectivity index (χ1v) is 6.04. The summed E-state index contributed by atoms with van der Waals surface area (Å²) in [5.74, 6) is 0.728. The lowest BCUT2D eigenvalue weighted by molar-refractivity contribution is 0.440. The molecule has 0 aliphatic heterocycles. The second kappa shape index (κ2) is 4.18. The summed E-state index contributed by atoms with van der Waals surface area (Å²) in [4.78, 5) is 0. The van der Waals surface area contributed by atoms with E-state index in [1.54, 1.807) is 0 Å². The maximum atomic E-state index is 4.28. The van der Waals surface area contributed by atoms with Crippen molar-refractivity contribution in [3.63, 3.8) is 0 Å². The number of hydrogen-bond donors (Lipinski definition) is 0. The summed E-state index contributed by atoms with van der Waals surface area (Å²) in [6, 6.07) is 0. The van der Waals surface area contributed by atoms with Crippen LogP contribution in [-0.2, 0) is 6.42 Å². The molecule has 0 bridgehead atoms. The number of rotatable bonds is 2. The van der Waals surface area contributed by atoms with E-state index in [2.05, 4.69) is 17.1 Å². The van der Waals surface area contributed by atoms with Gasteiger partial charge in [-0.25, -0.2) is 0 Å². The molecule has 13 heavy (non-hydrogen) atoms. The molecule has 2 rings (SSSR count). The van der Waals surface area contributed by atoms with Crippen LogP contribution in [0.2, 0.25) is 0 Å². The highest BCUT2D eigenvalue weighted by molar-refractivity contribution is 7.11. The average Bonchev–Trinajstić information content (AvgIpc) is 2.67. The van der Waals surface area contributed by atoms with Crippen LogP contribution in [0, 0.1) is 0 Å². The highest BCUT2D eigenvalue weighted by Crippen LogP contribution is 2.33. The van der Waals surface area contributed by atoms with Crippen LogP contribution >= 0.6 is 11.3 Å². The van der Waals surface area contributed by atoms with Gasteiger partial charge >= 0.3 is 0 Å². The molecule has 1 aromatic heterocycles. The Labute approximate surface area is 83.4 Å². The summed E-state index contributed by atoms with van der Waals surface area (Å²) in [5, 5.41) is 10.9. The predicted octanol–water partition coefficient (Wildman–Crippen LogP) is 3.15. The minimum Gasteiger partial charge on any atom is -0.144 e. The van der Waals surface area contributed by atoms with Crippen LogP contribution in [0.3, 0.4) is 0 Å². The summed E-state index contributed by atoms with van der Waals surface area (Å²) in [6.07, 6.45) is 7.87. The normalized spacial score (nSPS) is 19.2. The molecule has 0 spiro atoms. The highest BCUT2D eigenvalue weighted by Gasteiger charge is 2.18. The van der Waals surface area contributed by atoms with Gasteiger partial charge in [0.1, 0.15) is 10.0 Å². The lowest BCUT2D eigenvalue weighted by atomic mass is 9.90. The molecule has 3 heteroatoms. The van der Waals surface area contributed by atoms with Crippen molar-refractivity contribution < 1.29 is 0 Å². The van der Waals surface area contributed by atoms with Gasteiger partial charge < -0.3 is 0 Å². The third-order valence-electron chi connectivity index (χ3n) is 2.74. The van der Waals surface area contributed by atoms with Crippen molar-refractivity contribution in [3.8, 4) is 0 Å². The molecule has 0 aromatic carbocycles. The predicted molar refractivity (Wildman–Crippen MR) is 55.1 cm³/mol. The molecule has 72 valence electrons. The van der Waals surface area contributed by atoms with E-state index in [9.17, 15) is 0 Å². The molecule has 1 aliphatic rings. The average molecular weight is 196 g/mol. The van der Waals surface area contributed by atoms with Crippen molar-refractivity contribution in [1.82, 2.24) is 10.2 Å². The van der Waals surface area contributed by atoms with Gasteiger partial charge in [-0.15, -0.1) is 21.5 Å². The van der Waals surface area contributed by atoms with E-state index < -0.39 is 0 Å². The van der Waals surface area contributed by atoms with Crippen LogP contribution in [0.1, 0.15) is 55.0 Å². The van der Waals surface area contributed by atoms with Crippen molar-refractivity contribution >= 4 is 11.3 Å². The third kappa shape index (κ3) is 2.08. The van der Waals surface area contributed by atoms with E-state index in [4.69, 9.17) is 0 Å². The van der Waals surface area contributed by atoms with E-state index in [1.807, 2.05) is 11.3 Å². The highest BCUT2D eigenvalue weighted by atomic mass is 32.1. The summed E-state index contributed by atoms with van der Waals surface area (Å²) < 4.78 is 0. The van der Waals surface area contributed by atoms with E-state index in [1.165, 1.54) is 42.1 Å². The van der Waals surface area contributed by atoms with Crippen molar-refractivity contribution in [1.29, 1.82) is 0 Å². The van der Waals surface area contributed by atoms with Gasteiger partial charge in [-0.05, 0) is 19.3 Å². The fourth-order valence-corrected chi connectivity index (χ4v) is 2.88. The molecule has 0 unspecified atom stereocenters. The van der Waals surface area contributed by atoms with Gasteiger partial charge in [-0.3, -0.25) is 0 Å². The Kier molecular flexibility index (Phi) is 2.94. The van der Waals surface area contributed by atoms with Crippen LogP contribution in [0.4, 0.5) is 0 Å². The summed E-state index contributed by atoms with van der Waals surface area (Å²) >= 11 is 1.82. The second-order valence-corrected chi connectivity index (χ2v) is 4.82. The molecule has 1 aromatic rings. The molecule has 1 saturated carbocycles. The number of hydrogen-bond acceptors (Lipinski definition) is 3. The van der Waals surface area contributed by atoms with Crippen LogP contribution < -0.4 is 0 Å². The lowest BCUT2D eigenvalue weighted by Gasteiger charge is -2.18. The second-order valence-electron chi connectivity index (χ2n) is 3.72. The van der Waals surface area contributed by atoms with Gasteiger partial charge in [0.2, 0.25) is 0 Å². The van der Waals surface area contributed by atoms with E-state index in [0.29, 0.717) is 0 Å². The van der Waals surface area contributed by atoms with Crippen molar-refractivity contribution in [3.05, 3.63) is 10.0 Å². The number of aryl methyl sites for hydroxylation is 1. The Morgan fingerprint density at radius 2 is 2.00 bits per heavy atom. The lowest BCUT2D eigenvalue weighted by Crippen LogP contribution is -2.03. The Morgan fingerprint density at radius 3 is 2.62 bits per heavy atom. The first kappa shape index (κ1) is 9.13. The molecular weight excluding hydrogens is 180 g/mol. The van der Waals surface area contributed by atoms with Gasteiger partial charge in [0.15, 0.2) is 0 Å². The fourth-order valence-electron chi connectivity index (χ4n) is 1.92. The van der Waals surface area contributed by atoms with Crippen LogP contribution in [0.15, 0.2) is 0 Å². The Hall–Kier alpha value is -0.440. The minimum atomic E-state index is 0.728. The third-order valence-corrected chi connectivity index (χ3v) is 3.97. The van der Waals surface area contributed by atoms with Crippen molar-refractivity contribution in [2.75, 3.05) is 0 Å². The molecule has 0 amide bonds. The molecular formula is C10H16N2S. The monoisotopic (exact) mass is 196 g/mol. The number of nitrogens with zero attached hydrogens (tertiary/aromatic N) is 2.